The van der Waals surface area contributed by atoms with Gasteiger partial charge in [-0.25, -0.2) is 0 Å². The lowest BCUT2D eigenvalue weighted by molar-refractivity contribution is 0.718. The average molecular weight is 559 g/mol. The normalized spacial score (nSPS) is 14.1. The van der Waals surface area contributed by atoms with Gasteiger partial charge < -0.3 is 4.57 Å². The molecule has 1 aliphatic rings. The van der Waals surface area contributed by atoms with Crippen LogP contribution in [0.1, 0.15) is 32.0 Å². The first-order valence-electron chi connectivity index (χ1n) is 15.2. The van der Waals surface area contributed by atoms with E-state index in [1.807, 2.05) is 42.7 Å². The summed E-state index contributed by atoms with van der Waals surface area (Å²) in [4.78, 5) is 14.0. The Morgan fingerprint density at radius 1 is 0.581 bits per heavy atom. The summed E-state index contributed by atoms with van der Waals surface area (Å²) in [5.74, 6) is 0.527. The van der Waals surface area contributed by atoms with Gasteiger partial charge in [0, 0.05) is 33.2 Å². The third kappa shape index (κ3) is 4.40. The fourth-order valence-corrected chi connectivity index (χ4v) is 6.54. The summed E-state index contributed by atoms with van der Waals surface area (Å²) in [6.07, 6.45) is 5.61. The molecule has 2 aromatic heterocycles. The summed E-state index contributed by atoms with van der Waals surface area (Å²) in [6, 6.07) is 41.8. The number of aromatic nitrogens is 2. The van der Waals surface area contributed by atoms with Crippen molar-refractivity contribution in [3.05, 3.63) is 149 Å². The highest BCUT2D eigenvalue weighted by atomic mass is 16.1. The van der Waals surface area contributed by atoms with Crippen LogP contribution in [0.2, 0.25) is 0 Å². The topological polar surface area (TPSA) is 26.9 Å². The molecule has 1 unspecified atom stereocenters. The number of hydrogen-bond donors (Lipinski definition) is 0. The highest BCUT2D eigenvalue weighted by Gasteiger charge is 2.21. The maximum atomic E-state index is 14.0. The van der Waals surface area contributed by atoms with Gasteiger partial charge in [0.1, 0.15) is 0 Å². The van der Waals surface area contributed by atoms with E-state index >= 15 is 0 Å². The summed E-state index contributed by atoms with van der Waals surface area (Å²) in [5, 5.41) is 4.08. The Labute approximate surface area is 252 Å². The number of fused-ring (bicyclic) bond motifs is 6. The van der Waals surface area contributed by atoms with E-state index in [0.717, 1.165) is 50.6 Å². The van der Waals surface area contributed by atoms with Crippen LogP contribution in [0.3, 0.4) is 0 Å². The molecule has 0 bridgehead atoms. The van der Waals surface area contributed by atoms with E-state index < -0.39 is 0 Å². The molecule has 3 heteroatoms. The first-order chi connectivity index (χ1) is 21.2. The van der Waals surface area contributed by atoms with E-state index in [9.17, 15) is 4.79 Å². The van der Waals surface area contributed by atoms with Crippen molar-refractivity contribution >= 4 is 38.7 Å². The second kappa shape index (κ2) is 10.9. The maximum Gasteiger partial charge on any atom is 0.263 e. The molecule has 3 nitrogen and oxygen atoms in total. The average Bonchev–Trinajstić information content (AvgIpc) is 3.40. The zero-order valence-electron chi connectivity index (χ0n) is 24.8. The quantitative estimate of drug-likeness (QED) is 0.198. The van der Waals surface area contributed by atoms with Crippen LogP contribution in [0.5, 0.6) is 0 Å². The van der Waals surface area contributed by atoms with Crippen molar-refractivity contribution in [2.24, 2.45) is 5.92 Å². The Morgan fingerprint density at radius 2 is 1.19 bits per heavy atom. The van der Waals surface area contributed by atoms with Crippen LogP contribution >= 0.6 is 0 Å². The van der Waals surface area contributed by atoms with Crippen molar-refractivity contribution in [2.75, 3.05) is 0 Å². The zero-order chi connectivity index (χ0) is 29.5. The van der Waals surface area contributed by atoms with Crippen molar-refractivity contribution in [3.8, 4) is 22.5 Å². The van der Waals surface area contributed by atoms with Crippen LogP contribution in [-0.2, 0) is 6.42 Å². The van der Waals surface area contributed by atoms with Crippen molar-refractivity contribution < 1.29 is 0 Å². The van der Waals surface area contributed by atoms with Gasteiger partial charge in [0.05, 0.1) is 11.0 Å². The largest absolute Gasteiger partial charge is 0.310 e. The van der Waals surface area contributed by atoms with E-state index in [1.54, 1.807) is 0 Å². The lowest BCUT2D eigenvalue weighted by Gasteiger charge is -2.17. The Kier molecular flexibility index (Phi) is 6.79. The van der Waals surface area contributed by atoms with Crippen molar-refractivity contribution in [2.45, 2.75) is 27.2 Å². The van der Waals surface area contributed by atoms with E-state index in [0.29, 0.717) is 5.92 Å². The van der Waals surface area contributed by atoms with E-state index in [4.69, 9.17) is 0 Å². The van der Waals surface area contributed by atoms with Crippen LogP contribution in [0.25, 0.3) is 61.2 Å². The summed E-state index contributed by atoms with van der Waals surface area (Å²) in [7, 11) is 0. The van der Waals surface area contributed by atoms with E-state index in [-0.39, 0.29) is 5.56 Å². The number of para-hydroxylation sites is 1. The molecule has 0 saturated heterocycles. The number of hydrogen-bond acceptors (Lipinski definition) is 1. The second-order valence-corrected chi connectivity index (χ2v) is 11.1. The van der Waals surface area contributed by atoms with Crippen molar-refractivity contribution in [1.82, 2.24) is 9.13 Å². The fourth-order valence-electron chi connectivity index (χ4n) is 6.54. The van der Waals surface area contributed by atoms with Gasteiger partial charge in [0.2, 0.25) is 0 Å². The highest BCUT2D eigenvalue weighted by Crippen LogP contribution is 2.36. The standard InChI is InChI=1S/C38H28N2O.C2H6/c1-25-15-21-36-33(23-25)31-12-7-8-14-35(31)39(36)28-17-19-29(20-18-28)40-37-22-16-27(26-9-3-2-4-10-26)24-34(37)30-11-5-6-13-32(30)38(40)41;1-2/h2-22,24-25H,23H2,1H3;1-2H3. The molecular weight excluding hydrogens is 524 g/mol. The third-order valence-electron chi connectivity index (χ3n) is 8.49. The molecule has 0 aliphatic heterocycles. The van der Waals surface area contributed by atoms with E-state index in [1.165, 1.54) is 22.2 Å². The zero-order valence-corrected chi connectivity index (χ0v) is 24.8. The fraction of sp³-hybridized carbons (Fsp3) is 0.125. The van der Waals surface area contributed by atoms with Gasteiger partial charge in [-0.05, 0) is 89.0 Å². The first-order valence-corrected chi connectivity index (χ1v) is 15.2. The summed E-state index contributed by atoms with van der Waals surface area (Å²) < 4.78 is 4.21. The lowest BCUT2D eigenvalue weighted by atomic mass is 9.93. The van der Waals surface area contributed by atoms with Crippen LogP contribution in [0.15, 0.2) is 132 Å². The van der Waals surface area contributed by atoms with Crippen molar-refractivity contribution in [3.63, 3.8) is 0 Å². The molecule has 7 aromatic rings. The number of benzene rings is 5. The van der Waals surface area contributed by atoms with Crippen LogP contribution in [-0.4, -0.2) is 9.13 Å². The molecule has 1 atom stereocenters. The molecule has 0 fully saturated rings. The van der Waals surface area contributed by atoms with Crippen LogP contribution < -0.4 is 5.56 Å². The minimum absolute atomic E-state index is 0.00553. The molecule has 1 aliphatic carbocycles. The molecule has 8 rings (SSSR count). The Morgan fingerprint density at radius 3 is 1.93 bits per heavy atom. The predicted octanol–water partition coefficient (Wildman–Crippen LogP) is 9.99. The van der Waals surface area contributed by atoms with Gasteiger partial charge in [0.25, 0.3) is 5.56 Å². The minimum atomic E-state index is -0.00553. The van der Waals surface area contributed by atoms with Crippen LogP contribution in [0, 0.1) is 5.92 Å². The molecule has 0 N–H and O–H groups in total. The Balaban J connectivity index is 0.00000147. The number of rotatable bonds is 3. The monoisotopic (exact) mass is 558 g/mol. The van der Waals surface area contributed by atoms with Gasteiger partial charge in [-0.15, -0.1) is 0 Å². The minimum Gasteiger partial charge on any atom is -0.310 e. The van der Waals surface area contributed by atoms with Crippen LogP contribution in [0.4, 0.5) is 0 Å². The molecular formula is C40H34N2O. The molecule has 43 heavy (non-hydrogen) atoms. The Bertz CT molecular complexity index is 2200. The molecule has 0 amide bonds. The summed E-state index contributed by atoms with van der Waals surface area (Å²) in [5.41, 5.74) is 9.01. The maximum absolute atomic E-state index is 14.0. The van der Waals surface area contributed by atoms with Crippen molar-refractivity contribution in [1.29, 1.82) is 0 Å². The SMILES string of the molecule is CC.CC1C=Cc2c(c3ccccc3n2-c2ccc(-n3c(=O)c4ccccc4c4cc(-c5ccccc5)ccc43)cc2)C1. The van der Waals surface area contributed by atoms with Gasteiger partial charge in [0.15, 0.2) is 0 Å². The predicted molar refractivity (Wildman–Crippen MR) is 183 cm³/mol. The van der Waals surface area contributed by atoms with Gasteiger partial charge in [-0.1, -0.05) is 99.6 Å². The molecule has 0 saturated carbocycles. The molecule has 210 valence electrons. The summed E-state index contributed by atoms with van der Waals surface area (Å²) in [6.45, 7) is 6.27. The molecule has 0 spiro atoms. The summed E-state index contributed by atoms with van der Waals surface area (Å²) >= 11 is 0. The number of allylic oxidation sites excluding steroid dienone is 1. The lowest BCUT2D eigenvalue weighted by Crippen LogP contribution is -2.19. The second-order valence-electron chi connectivity index (χ2n) is 11.1. The van der Waals surface area contributed by atoms with Gasteiger partial charge in [-0.2, -0.15) is 0 Å². The van der Waals surface area contributed by atoms with Gasteiger partial charge in [-0.3, -0.25) is 9.36 Å². The smallest absolute Gasteiger partial charge is 0.263 e. The van der Waals surface area contributed by atoms with E-state index in [2.05, 4.69) is 121 Å². The number of nitrogens with zero attached hydrogens (tertiary/aromatic N) is 2. The Hall–Kier alpha value is -5.15. The highest BCUT2D eigenvalue weighted by molar-refractivity contribution is 6.07. The molecule has 0 radical (unpaired) electrons. The number of pyridine rings is 1. The molecule has 5 aromatic carbocycles. The molecule has 2 heterocycles. The first kappa shape index (κ1) is 26.7. The third-order valence-corrected chi connectivity index (χ3v) is 8.49. The van der Waals surface area contributed by atoms with Gasteiger partial charge >= 0.3 is 0 Å².